The van der Waals surface area contributed by atoms with E-state index in [0.29, 0.717) is 0 Å². The Labute approximate surface area is 103 Å². The van der Waals surface area contributed by atoms with Gasteiger partial charge in [-0.2, -0.15) is 0 Å². The van der Waals surface area contributed by atoms with Crippen LogP contribution in [0, 0.1) is 0 Å². The molecule has 1 aromatic rings. The molecule has 0 amide bonds. The summed E-state index contributed by atoms with van der Waals surface area (Å²) in [5, 5.41) is 12.1. The predicted octanol–water partition coefficient (Wildman–Crippen LogP) is 2.68. The maximum Gasteiger partial charge on any atom is 0.324 e. The Morgan fingerprint density at radius 3 is 2.65 bits per heavy atom. The Balaban J connectivity index is 2.70. The van der Waals surface area contributed by atoms with Crippen LogP contribution in [0.1, 0.15) is 18.5 Å². The van der Waals surface area contributed by atoms with Crippen molar-refractivity contribution < 1.29 is 9.90 Å². The first-order valence-corrected chi connectivity index (χ1v) is 6.46. The van der Waals surface area contributed by atoms with Gasteiger partial charge in [0.05, 0.1) is 0 Å². The Hall–Kier alpha value is -1.44. The average Bonchev–Trinajstić information content (AvgIpc) is 2.35. The highest BCUT2D eigenvalue weighted by atomic mass is 31.1. The molecule has 0 bridgehead atoms. The monoisotopic (exact) mass is 249 g/mol. The molecule has 1 aromatic carbocycles. The quantitative estimate of drug-likeness (QED) is 0.762. The molecule has 0 aliphatic carbocycles. The van der Waals surface area contributed by atoms with Gasteiger partial charge in [0.1, 0.15) is 6.04 Å². The molecule has 0 unspecified atom stereocenters. The average molecular weight is 249 g/mol. The topological polar surface area (TPSA) is 49.3 Å². The molecular weight excluding hydrogens is 233 g/mol. The third-order valence-electron chi connectivity index (χ3n) is 2.38. The zero-order chi connectivity index (χ0) is 12.7. The summed E-state index contributed by atoms with van der Waals surface area (Å²) in [5.41, 5.74) is 1.07. The van der Waals surface area contributed by atoms with E-state index in [1.807, 2.05) is 37.3 Å². The van der Waals surface area contributed by atoms with Crippen molar-refractivity contribution in [3.05, 3.63) is 47.8 Å². The fourth-order valence-electron chi connectivity index (χ4n) is 1.46. The highest BCUT2D eigenvalue weighted by molar-refractivity contribution is 7.40. The SMILES string of the molecule is C=P/C=C/[C@H](N[C@@H](C)c1ccccc1)C(=O)O. The van der Waals surface area contributed by atoms with Crippen molar-refractivity contribution in [2.24, 2.45) is 0 Å². The van der Waals surface area contributed by atoms with Crippen LogP contribution in [0.2, 0.25) is 0 Å². The molecular formula is C13H16NO2P. The number of carboxylic acids is 1. The van der Waals surface area contributed by atoms with Gasteiger partial charge in [0.25, 0.3) is 0 Å². The molecule has 2 N–H and O–H groups in total. The lowest BCUT2D eigenvalue weighted by molar-refractivity contribution is -0.138. The molecule has 0 aliphatic heterocycles. The normalized spacial score (nSPS) is 14.9. The van der Waals surface area contributed by atoms with E-state index in [1.165, 1.54) is 0 Å². The lowest BCUT2D eigenvalue weighted by Gasteiger charge is -2.17. The van der Waals surface area contributed by atoms with Crippen LogP contribution in [0.5, 0.6) is 0 Å². The highest BCUT2D eigenvalue weighted by Gasteiger charge is 2.16. The summed E-state index contributed by atoms with van der Waals surface area (Å²) in [6, 6.07) is 9.07. The summed E-state index contributed by atoms with van der Waals surface area (Å²) < 4.78 is 0. The fraction of sp³-hybridized carbons (Fsp3) is 0.231. The number of carbonyl (C=O) groups is 1. The Bertz CT molecular complexity index is 403. The largest absolute Gasteiger partial charge is 0.480 e. The summed E-state index contributed by atoms with van der Waals surface area (Å²) >= 11 is 0. The van der Waals surface area contributed by atoms with E-state index in [2.05, 4.69) is 11.6 Å². The number of aliphatic carboxylic acids is 1. The highest BCUT2D eigenvalue weighted by Crippen LogP contribution is 2.12. The van der Waals surface area contributed by atoms with Gasteiger partial charge in [0.2, 0.25) is 0 Å². The standard InChI is InChI=1S/C13H16NO2P/c1-10(11-6-4-3-5-7-11)14-12(13(15)16)8-9-17-2/h3-10,12,14H,2H2,1H3,(H,15,16)/b9-8+/t10-,12-/m0/s1. The van der Waals surface area contributed by atoms with E-state index >= 15 is 0 Å². The molecule has 0 spiro atoms. The van der Waals surface area contributed by atoms with E-state index in [1.54, 1.807) is 11.9 Å². The maximum atomic E-state index is 11.0. The van der Waals surface area contributed by atoms with E-state index in [4.69, 9.17) is 5.11 Å². The van der Waals surface area contributed by atoms with Crippen molar-refractivity contribution in [3.8, 4) is 0 Å². The first kappa shape index (κ1) is 13.6. The first-order valence-electron chi connectivity index (χ1n) is 5.31. The second kappa shape index (κ2) is 7.00. The second-order valence-corrected chi connectivity index (χ2v) is 4.30. The Morgan fingerprint density at radius 2 is 2.12 bits per heavy atom. The Morgan fingerprint density at radius 1 is 1.47 bits per heavy atom. The Kier molecular flexibility index (Phi) is 5.61. The number of benzene rings is 1. The molecule has 0 saturated heterocycles. The van der Waals surface area contributed by atoms with E-state index < -0.39 is 12.0 Å². The molecule has 17 heavy (non-hydrogen) atoms. The minimum Gasteiger partial charge on any atom is -0.480 e. The molecule has 0 saturated carbocycles. The van der Waals surface area contributed by atoms with Crippen molar-refractivity contribution in [2.45, 2.75) is 19.0 Å². The van der Waals surface area contributed by atoms with Gasteiger partial charge in [-0.25, -0.2) is 0 Å². The zero-order valence-corrected chi connectivity index (χ0v) is 10.6. The van der Waals surface area contributed by atoms with Crippen LogP contribution in [-0.4, -0.2) is 23.4 Å². The molecule has 90 valence electrons. The lowest BCUT2D eigenvalue weighted by Crippen LogP contribution is -2.36. The van der Waals surface area contributed by atoms with Crippen LogP contribution in [0.3, 0.4) is 0 Å². The number of hydrogen-bond acceptors (Lipinski definition) is 2. The van der Waals surface area contributed by atoms with Gasteiger partial charge in [0, 0.05) is 6.04 Å². The number of carboxylic acid groups (broad SMARTS) is 1. The zero-order valence-electron chi connectivity index (χ0n) is 9.71. The second-order valence-electron chi connectivity index (χ2n) is 3.64. The minimum atomic E-state index is -0.882. The molecule has 0 heterocycles. The molecule has 0 fully saturated rings. The smallest absolute Gasteiger partial charge is 0.324 e. The third kappa shape index (κ3) is 4.51. The maximum absolute atomic E-state index is 11.0. The summed E-state index contributed by atoms with van der Waals surface area (Å²) in [7, 11) is 0.804. The van der Waals surface area contributed by atoms with Crippen LogP contribution >= 0.6 is 8.20 Å². The van der Waals surface area contributed by atoms with Crippen LogP contribution in [0.15, 0.2) is 42.2 Å². The lowest BCUT2D eigenvalue weighted by atomic mass is 10.1. The molecule has 0 aromatic heterocycles. The van der Waals surface area contributed by atoms with Gasteiger partial charge in [-0.05, 0) is 18.3 Å². The number of rotatable bonds is 6. The third-order valence-corrected chi connectivity index (χ3v) is 2.76. The number of nitrogens with one attached hydrogen (secondary N) is 1. The van der Waals surface area contributed by atoms with E-state index in [9.17, 15) is 4.79 Å². The minimum absolute atomic E-state index is 0.0107. The van der Waals surface area contributed by atoms with Crippen molar-refractivity contribution in [2.75, 3.05) is 0 Å². The van der Waals surface area contributed by atoms with Crippen LogP contribution in [0.4, 0.5) is 0 Å². The number of hydrogen-bond donors (Lipinski definition) is 2. The molecule has 2 atom stereocenters. The first-order chi connectivity index (χ1) is 8.15. The van der Waals surface area contributed by atoms with Gasteiger partial charge in [0.15, 0.2) is 0 Å². The van der Waals surface area contributed by atoms with Gasteiger partial charge < -0.3 is 5.11 Å². The summed E-state index contributed by atoms with van der Waals surface area (Å²) in [6.07, 6.45) is 5.24. The van der Waals surface area contributed by atoms with Crippen LogP contribution in [0.25, 0.3) is 0 Å². The molecule has 0 aliphatic rings. The van der Waals surface area contributed by atoms with Gasteiger partial charge >= 0.3 is 5.97 Å². The van der Waals surface area contributed by atoms with Crippen molar-refractivity contribution >= 4 is 20.5 Å². The summed E-state index contributed by atoms with van der Waals surface area (Å²) in [5.74, 6) is 0.844. The van der Waals surface area contributed by atoms with Crippen molar-refractivity contribution in [1.82, 2.24) is 5.32 Å². The van der Waals surface area contributed by atoms with E-state index in [0.717, 1.165) is 13.8 Å². The van der Waals surface area contributed by atoms with Gasteiger partial charge in [-0.1, -0.05) is 50.9 Å². The van der Waals surface area contributed by atoms with Crippen LogP contribution in [-0.2, 0) is 4.79 Å². The van der Waals surface area contributed by atoms with Crippen LogP contribution < -0.4 is 5.32 Å². The molecule has 0 radical (unpaired) electrons. The molecule has 4 heteroatoms. The predicted molar refractivity (Wildman–Crippen MR) is 72.6 cm³/mol. The summed E-state index contributed by atoms with van der Waals surface area (Å²) in [4.78, 5) is 11.0. The summed E-state index contributed by atoms with van der Waals surface area (Å²) in [6.45, 7) is 1.95. The molecule has 1 rings (SSSR count). The fourth-order valence-corrected chi connectivity index (χ4v) is 1.76. The van der Waals surface area contributed by atoms with E-state index in [-0.39, 0.29) is 6.04 Å². The van der Waals surface area contributed by atoms with Crippen molar-refractivity contribution in [1.29, 1.82) is 0 Å². The van der Waals surface area contributed by atoms with Crippen molar-refractivity contribution in [3.63, 3.8) is 0 Å². The van der Waals surface area contributed by atoms with Gasteiger partial charge in [-0.3, -0.25) is 10.1 Å². The molecule has 3 nitrogen and oxygen atoms in total. The van der Waals surface area contributed by atoms with Gasteiger partial charge in [-0.15, -0.1) is 0 Å².